The molecule has 0 bridgehead atoms. The number of amides is 2. The quantitative estimate of drug-likeness (QED) is 0.793. The van der Waals surface area contributed by atoms with Crippen LogP contribution < -0.4 is 5.32 Å². The molecule has 1 aromatic carbocycles. The topological polar surface area (TPSA) is 85.4 Å². The third-order valence-corrected chi connectivity index (χ3v) is 3.96. The maximum atomic E-state index is 12.2. The number of likely N-dealkylation sites (tertiary alicyclic amines) is 1. The van der Waals surface area contributed by atoms with Gasteiger partial charge < -0.3 is 20.3 Å². The average Bonchev–Trinajstić information content (AvgIpc) is 3.07. The Balaban J connectivity index is 1.74. The number of hydrogen-bond acceptors (Lipinski definition) is 2. The van der Waals surface area contributed by atoms with Crippen molar-refractivity contribution in [3.05, 3.63) is 30.0 Å². The number of anilines is 1. The van der Waals surface area contributed by atoms with Gasteiger partial charge in [0.25, 0.3) is 0 Å². The molecule has 1 aliphatic rings. The maximum absolute atomic E-state index is 12.2. The van der Waals surface area contributed by atoms with Crippen LogP contribution in [0.2, 0.25) is 0 Å². The lowest BCUT2D eigenvalue weighted by Crippen LogP contribution is -2.34. The molecule has 1 fully saturated rings. The Morgan fingerprint density at radius 1 is 1.43 bits per heavy atom. The Kier molecular flexibility index (Phi) is 3.29. The van der Waals surface area contributed by atoms with Crippen molar-refractivity contribution in [2.75, 3.05) is 18.4 Å². The molecule has 1 aromatic heterocycles. The van der Waals surface area contributed by atoms with Crippen molar-refractivity contribution in [2.24, 2.45) is 5.92 Å². The molecule has 0 spiro atoms. The van der Waals surface area contributed by atoms with Gasteiger partial charge >= 0.3 is 12.0 Å². The summed E-state index contributed by atoms with van der Waals surface area (Å²) in [5.74, 6) is -1.29. The number of fused-ring (bicyclic) bond motifs is 1. The van der Waals surface area contributed by atoms with Gasteiger partial charge in [-0.25, -0.2) is 4.79 Å². The van der Waals surface area contributed by atoms with E-state index in [-0.39, 0.29) is 12.6 Å². The number of urea groups is 1. The molecule has 1 aliphatic heterocycles. The van der Waals surface area contributed by atoms with Crippen LogP contribution in [-0.4, -0.2) is 40.1 Å². The number of aliphatic carboxylic acids is 1. The van der Waals surface area contributed by atoms with Crippen LogP contribution in [0, 0.1) is 12.8 Å². The van der Waals surface area contributed by atoms with Gasteiger partial charge in [0.2, 0.25) is 0 Å². The number of carboxylic acid groups (broad SMARTS) is 1. The Morgan fingerprint density at radius 3 is 2.95 bits per heavy atom. The summed E-state index contributed by atoms with van der Waals surface area (Å²) in [6, 6.07) is 5.64. The molecule has 21 heavy (non-hydrogen) atoms. The zero-order valence-electron chi connectivity index (χ0n) is 11.7. The standard InChI is InChI=1S/C15H17N3O3/c1-9-6-10-2-4-16-13(10)7-12(9)17-15(21)18-5-3-11(8-18)14(19)20/h2,4,6-7,11,16H,3,5,8H2,1H3,(H,17,21)(H,19,20). The van der Waals surface area contributed by atoms with Crippen molar-refractivity contribution in [3.63, 3.8) is 0 Å². The fraction of sp³-hybridized carbons (Fsp3) is 0.333. The lowest BCUT2D eigenvalue weighted by atomic mass is 10.1. The number of H-pyrrole nitrogens is 1. The number of hydrogen-bond donors (Lipinski definition) is 3. The van der Waals surface area contributed by atoms with Crippen LogP contribution in [0.25, 0.3) is 10.9 Å². The van der Waals surface area contributed by atoms with Crippen LogP contribution in [-0.2, 0) is 4.79 Å². The highest BCUT2D eigenvalue weighted by atomic mass is 16.4. The Hall–Kier alpha value is -2.50. The third-order valence-electron chi connectivity index (χ3n) is 3.96. The van der Waals surface area contributed by atoms with Gasteiger partial charge in [0.15, 0.2) is 0 Å². The van der Waals surface area contributed by atoms with Gasteiger partial charge in [-0.15, -0.1) is 0 Å². The van der Waals surface area contributed by atoms with E-state index in [0.29, 0.717) is 13.0 Å². The molecule has 3 N–H and O–H groups in total. The van der Waals surface area contributed by atoms with Gasteiger partial charge in [-0.2, -0.15) is 0 Å². The Morgan fingerprint density at radius 2 is 2.24 bits per heavy atom. The van der Waals surface area contributed by atoms with E-state index in [1.54, 1.807) is 4.90 Å². The highest BCUT2D eigenvalue weighted by Crippen LogP contribution is 2.24. The first kappa shape index (κ1) is 13.5. The molecule has 110 valence electrons. The number of aryl methyl sites for hydroxylation is 1. The number of rotatable bonds is 2. The minimum Gasteiger partial charge on any atom is -0.481 e. The van der Waals surface area contributed by atoms with Crippen LogP contribution in [0.5, 0.6) is 0 Å². The van der Waals surface area contributed by atoms with E-state index < -0.39 is 11.9 Å². The van der Waals surface area contributed by atoms with Crippen molar-refractivity contribution in [3.8, 4) is 0 Å². The van der Waals surface area contributed by atoms with Crippen molar-refractivity contribution < 1.29 is 14.7 Å². The van der Waals surface area contributed by atoms with Crippen molar-refractivity contribution >= 4 is 28.6 Å². The number of carbonyl (C=O) groups is 2. The highest BCUT2D eigenvalue weighted by molar-refractivity contribution is 5.94. The molecule has 0 radical (unpaired) electrons. The summed E-state index contributed by atoms with van der Waals surface area (Å²) in [7, 11) is 0. The average molecular weight is 287 g/mol. The highest BCUT2D eigenvalue weighted by Gasteiger charge is 2.30. The van der Waals surface area contributed by atoms with E-state index in [0.717, 1.165) is 22.2 Å². The van der Waals surface area contributed by atoms with Crippen LogP contribution in [0.1, 0.15) is 12.0 Å². The van der Waals surface area contributed by atoms with Crippen LogP contribution in [0.3, 0.4) is 0 Å². The number of carbonyl (C=O) groups excluding carboxylic acids is 1. The second kappa shape index (κ2) is 5.12. The minimum absolute atomic E-state index is 0.243. The van der Waals surface area contributed by atoms with Crippen molar-refractivity contribution in [1.29, 1.82) is 0 Å². The van der Waals surface area contributed by atoms with Crippen LogP contribution in [0.4, 0.5) is 10.5 Å². The van der Waals surface area contributed by atoms with Gasteiger partial charge in [0, 0.05) is 30.5 Å². The van der Waals surface area contributed by atoms with Gasteiger partial charge in [0.1, 0.15) is 0 Å². The lowest BCUT2D eigenvalue weighted by Gasteiger charge is -2.18. The molecule has 0 saturated carbocycles. The van der Waals surface area contributed by atoms with Gasteiger partial charge in [-0.1, -0.05) is 0 Å². The van der Waals surface area contributed by atoms with E-state index >= 15 is 0 Å². The molecule has 2 aromatic rings. The Labute approximate surface area is 121 Å². The van der Waals surface area contributed by atoms with Gasteiger partial charge in [-0.05, 0) is 42.5 Å². The normalized spacial score (nSPS) is 18.1. The SMILES string of the molecule is Cc1cc2cc[nH]c2cc1NC(=O)N1CCC(C(=O)O)C1. The molecular weight excluding hydrogens is 270 g/mol. The summed E-state index contributed by atoms with van der Waals surface area (Å²) in [4.78, 5) is 27.8. The summed E-state index contributed by atoms with van der Waals surface area (Å²) in [6.45, 7) is 2.68. The van der Waals surface area contributed by atoms with E-state index in [4.69, 9.17) is 5.11 Å². The Bertz CT molecular complexity index is 707. The molecule has 0 aliphatic carbocycles. The number of nitrogens with zero attached hydrogens (tertiary/aromatic N) is 1. The summed E-state index contributed by atoms with van der Waals surface area (Å²) >= 11 is 0. The lowest BCUT2D eigenvalue weighted by molar-refractivity contribution is -0.141. The van der Waals surface area contributed by atoms with Gasteiger partial charge in [0.05, 0.1) is 5.92 Å². The van der Waals surface area contributed by atoms with E-state index in [9.17, 15) is 9.59 Å². The number of aromatic nitrogens is 1. The molecule has 2 amide bonds. The predicted octanol–water partition coefficient (Wildman–Crippen LogP) is 2.41. The summed E-state index contributed by atoms with van der Waals surface area (Å²) in [5, 5.41) is 12.9. The van der Waals surface area contributed by atoms with E-state index in [1.165, 1.54) is 0 Å². The molecule has 2 heterocycles. The fourth-order valence-electron chi connectivity index (χ4n) is 2.69. The van der Waals surface area contributed by atoms with E-state index in [2.05, 4.69) is 10.3 Å². The summed E-state index contributed by atoms with van der Waals surface area (Å²) in [5.41, 5.74) is 2.68. The molecule has 6 heteroatoms. The largest absolute Gasteiger partial charge is 0.481 e. The maximum Gasteiger partial charge on any atom is 0.321 e. The minimum atomic E-state index is -0.839. The van der Waals surface area contributed by atoms with E-state index in [1.807, 2.05) is 31.3 Å². The first-order chi connectivity index (χ1) is 10.0. The first-order valence-electron chi connectivity index (χ1n) is 6.91. The smallest absolute Gasteiger partial charge is 0.321 e. The molecule has 3 rings (SSSR count). The van der Waals surface area contributed by atoms with Crippen molar-refractivity contribution in [2.45, 2.75) is 13.3 Å². The number of aromatic amines is 1. The molecule has 6 nitrogen and oxygen atoms in total. The number of benzene rings is 1. The molecular formula is C15H17N3O3. The third kappa shape index (κ3) is 2.56. The number of carboxylic acids is 1. The van der Waals surface area contributed by atoms with Crippen molar-refractivity contribution in [1.82, 2.24) is 9.88 Å². The number of nitrogens with one attached hydrogen (secondary N) is 2. The zero-order chi connectivity index (χ0) is 15.0. The fourth-order valence-corrected chi connectivity index (χ4v) is 2.69. The monoisotopic (exact) mass is 287 g/mol. The predicted molar refractivity (Wildman–Crippen MR) is 79.4 cm³/mol. The molecule has 1 saturated heterocycles. The second-order valence-electron chi connectivity index (χ2n) is 5.43. The summed E-state index contributed by atoms with van der Waals surface area (Å²) < 4.78 is 0. The second-order valence-corrected chi connectivity index (χ2v) is 5.43. The summed E-state index contributed by atoms with van der Waals surface area (Å²) in [6.07, 6.45) is 2.37. The van der Waals surface area contributed by atoms with Crippen LogP contribution in [0.15, 0.2) is 24.4 Å². The molecule has 1 unspecified atom stereocenters. The van der Waals surface area contributed by atoms with Gasteiger partial charge in [-0.3, -0.25) is 4.79 Å². The van der Waals surface area contributed by atoms with Crippen LogP contribution >= 0.6 is 0 Å². The first-order valence-corrected chi connectivity index (χ1v) is 6.91. The zero-order valence-corrected chi connectivity index (χ0v) is 11.7. The molecule has 1 atom stereocenters.